The molecule has 58 heavy (non-hydrogen) atoms. The second-order valence-corrected chi connectivity index (χ2v) is 16.0. The molecule has 2 heteroatoms. The quantitative estimate of drug-likeness (QED) is 0.146. The van der Waals surface area contributed by atoms with Gasteiger partial charge in [0.1, 0.15) is 0 Å². The second kappa shape index (κ2) is 14.4. The van der Waals surface area contributed by atoms with E-state index in [2.05, 4.69) is 229 Å². The van der Waals surface area contributed by atoms with Gasteiger partial charge < -0.3 is 4.90 Å². The van der Waals surface area contributed by atoms with Crippen LogP contribution in [-0.2, 0) is 0 Å². The number of thiophene rings is 1. The largest absolute Gasteiger partial charge is 0.310 e. The average Bonchev–Trinajstić information content (AvgIpc) is 3.66. The first-order valence-corrected chi connectivity index (χ1v) is 20.6. The second-order valence-electron chi connectivity index (χ2n) is 14.9. The lowest BCUT2D eigenvalue weighted by molar-refractivity contribution is 1.29. The fourth-order valence-electron chi connectivity index (χ4n) is 8.67. The van der Waals surface area contributed by atoms with Crippen LogP contribution in [0.2, 0.25) is 0 Å². The van der Waals surface area contributed by atoms with Gasteiger partial charge in [0.2, 0.25) is 0 Å². The Morgan fingerprint density at radius 1 is 0.259 bits per heavy atom. The standard InChI is InChI=1S/C56H37NS/c1-3-15-38(16-4-1)41-19-13-21-44(33-41)57(46-32-31-40-29-30-43-35-56-54(37-53(43)52(40)36-46)51-27-11-12-28-55(51)58-56)45-22-14-20-42(34-45)48-24-8-10-26-50(48)49-25-9-7-23-47(49)39-17-5-2-6-18-39/h1-37H. The van der Waals surface area contributed by atoms with E-state index in [4.69, 9.17) is 0 Å². The summed E-state index contributed by atoms with van der Waals surface area (Å²) in [6.45, 7) is 0. The Bertz CT molecular complexity index is 3290. The highest BCUT2D eigenvalue weighted by Gasteiger charge is 2.18. The molecule has 0 bridgehead atoms. The van der Waals surface area contributed by atoms with Gasteiger partial charge in [-0.15, -0.1) is 11.3 Å². The van der Waals surface area contributed by atoms with Gasteiger partial charge in [-0.1, -0.05) is 170 Å². The molecule has 1 nitrogen and oxygen atoms in total. The number of hydrogen-bond acceptors (Lipinski definition) is 2. The normalized spacial score (nSPS) is 11.4. The van der Waals surface area contributed by atoms with E-state index in [1.54, 1.807) is 0 Å². The van der Waals surface area contributed by atoms with Crippen molar-refractivity contribution >= 4 is 70.1 Å². The first kappa shape index (κ1) is 34.0. The number of nitrogens with zero attached hydrogens (tertiary/aromatic N) is 1. The lowest BCUT2D eigenvalue weighted by Gasteiger charge is -2.27. The molecule has 0 aliphatic rings. The molecule has 0 fully saturated rings. The number of rotatable bonds is 7. The predicted molar refractivity (Wildman–Crippen MR) is 251 cm³/mol. The van der Waals surface area contributed by atoms with Crippen LogP contribution < -0.4 is 4.90 Å². The molecular formula is C56H37NS. The van der Waals surface area contributed by atoms with Gasteiger partial charge in [-0.3, -0.25) is 0 Å². The van der Waals surface area contributed by atoms with Crippen LogP contribution in [0.4, 0.5) is 17.1 Å². The highest BCUT2D eigenvalue weighted by atomic mass is 32.1. The third-order valence-corrected chi connectivity index (χ3v) is 12.6. The Morgan fingerprint density at radius 2 is 0.776 bits per heavy atom. The monoisotopic (exact) mass is 755 g/mol. The lowest BCUT2D eigenvalue weighted by atomic mass is 9.89. The molecule has 10 aromatic carbocycles. The van der Waals surface area contributed by atoms with E-state index < -0.39 is 0 Å². The Hall–Kier alpha value is -7.26. The minimum absolute atomic E-state index is 1.10. The molecule has 0 saturated heterocycles. The van der Waals surface area contributed by atoms with Crippen molar-refractivity contribution in [3.63, 3.8) is 0 Å². The fourth-order valence-corrected chi connectivity index (χ4v) is 9.81. The van der Waals surface area contributed by atoms with Crippen LogP contribution in [0, 0.1) is 0 Å². The van der Waals surface area contributed by atoms with Gasteiger partial charge in [0.25, 0.3) is 0 Å². The molecule has 11 rings (SSSR count). The van der Waals surface area contributed by atoms with Gasteiger partial charge in [0.15, 0.2) is 0 Å². The van der Waals surface area contributed by atoms with Gasteiger partial charge in [-0.25, -0.2) is 0 Å². The summed E-state index contributed by atoms with van der Waals surface area (Å²) in [6, 6.07) is 82.0. The topological polar surface area (TPSA) is 3.24 Å². The van der Waals surface area contributed by atoms with Crippen LogP contribution in [0.25, 0.3) is 86.2 Å². The van der Waals surface area contributed by atoms with Crippen LogP contribution in [0.5, 0.6) is 0 Å². The van der Waals surface area contributed by atoms with Crippen LogP contribution in [0.3, 0.4) is 0 Å². The van der Waals surface area contributed by atoms with Crippen molar-refractivity contribution in [3.05, 3.63) is 224 Å². The van der Waals surface area contributed by atoms with Crippen molar-refractivity contribution in [1.82, 2.24) is 0 Å². The zero-order chi connectivity index (χ0) is 38.4. The minimum atomic E-state index is 1.10. The van der Waals surface area contributed by atoms with Crippen LogP contribution in [0.1, 0.15) is 0 Å². The van der Waals surface area contributed by atoms with Gasteiger partial charge in [-0.05, 0) is 121 Å². The summed E-state index contributed by atoms with van der Waals surface area (Å²) in [7, 11) is 0. The summed E-state index contributed by atoms with van der Waals surface area (Å²) >= 11 is 1.87. The summed E-state index contributed by atoms with van der Waals surface area (Å²) in [5, 5.41) is 7.64. The van der Waals surface area contributed by atoms with Gasteiger partial charge >= 0.3 is 0 Å². The SMILES string of the molecule is c1ccc(-c2cccc(N(c3cccc(-c4ccccc4-c4ccccc4-c4ccccc4)c3)c3ccc4ccc5cc6sc7ccccc7c6cc5c4c3)c2)cc1. The average molecular weight is 756 g/mol. The molecule has 11 aromatic rings. The Morgan fingerprint density at radius 3 is 1.52 bits per heavy atom. The van der Waals surface area contributed by atoms with Crippen LogP contribution in [-0.4, -0.2) is 0 Å². The maximum absolute atomic E-state index is 2.42. The van der Waals surface area contributed by atoms with Crippen molar-refractivity contribution in [2.45, 2.75) is 0 Å². The molecule has 1 heterocycles. The Labute approximate surface area is 342 Å². The smallest absolute Gasteiger partial charge is 0.0468 e. The fraction of sp³-hybridized carbons (Fsp3) is 0. The molecular weight excluding hydrogens is 719 g/mol. The van der Waals surface area contributed by atoms with Crippen molar-refractivity contribution < 1.29 is 0 Å². The molecule has 0 aliphatic heterocycles. The zero-order valence-corrected chi connectivity index (χ0v) is 32.5. The molecule has 0 unspecified atom stereocenters. The van der Waals surface area contributed by atoms with E-state index in [-0.39, 0.29) is 0 Å². The highest BCUT2D eigenvalue weighted by Crippen LogP contribution is 2.44. The molecule has 272 valence electrons. The van der Waals surface area contributed by atoms with Crippen molar-refractivity contribution in [1.29, 1.82) is 0 Å². The van der Waals surface area contributed by atoms with Gasteiger partial charge in [-0.2, -0.15) is 0 Å². The molecule has 0 atom stereocenters. The molecule has 0 amide bonds. The van der Waals surface area contributed by atoms with Gasteiger partial charge in [0, 0.05) is 37.2 Å². The van der Waals surface area contributed by atoms with E-state index in [1.807, 2.05) is 11.3 Å². The van der Waals surface area contributed by atoms with Gasteiger partial charge in [0.05, 0.1) is 0 Å². The molecule has 0 aliphatic carbocycles. The molecule has 0 saturated carbocycles. The maximum atomic E-state index is 2.42. The number of fused-ring (bicyclic) bond motifs is 6. The van der Waals surface area contributed by atoms with Crippen LogP contribution in [0.15, 0.2) is 224 Å². The zero-order valence-electron chi connectivity index (χ0n) is 31.7. The van der Waals surface area contributed by atoms with E-state index in [9.17, 15) is 0 Å². The van der Waals surface area contributed by atoms with Crippen LogP contribution >= 0.6 is 11.3 Å². The minimum Gasteiger partial charge on any atom is -0.310 e. The van der Waals surface area contributed by atoms with Crippen molar-refractivity contribution in [3.8, 4) is 44.5 Å². The number of anilines is 3. The summed E-state index contributed by atoms with van der Waals surface area (Å²) in [5.74, 6) is 0. The molecule has 0 spiro atoms. The third-order valence-electron chi connectivity index (χ3n) is 11.4. The third kappa shape index (κ3) is 6.03. The summed E-state index contributed by atoms with van der Waals surface area (Å²) in [5.41, 5.74) is 12.9. The predicted octanol–water partition coefficient (Wildman–Crippen LogP) is 16.5. The number of hydrogen-bond donors (Lipinski definition) is 0. The van der Waals surface area contributed by atoms with Crippen molar-refractivity contribution in [2.75, 3.05) is 4.90 Å². The highest BCUT2D eigenvalue weighted by molar-refractivity contribution is 7.25. The maximum Gasteiger partial charge on any atom is 0.0468 e. The lowest BCUT2D eigenvalue weighted by Crippen LogP contribution is -2.10. The van der Waals surface area contributed by atoms with E-state index >= 15 is 0 Å². The van der Waals surface area contributed by atoms with Crippen molar-refractivity contribution in [2.24, 2.45) is 0 Å². The molecule has 1 aromatic heterocycles. The Kier molecular flexibility index (Phi) is 8.42. The first-order chi connectivity index (χ1) is 28.7. The molecule has 0 radical (unpaired) electrons. The summed E-state index contributed by atoms with van der Waals surface area (Å²) < 4.78 is 2.65. The molecule has 0 N–H and O–H groups in total. The number of benzene rings is 10. The van der Waals surface area contributed by atoms with E-state index in [0.29, 0.717) is 0 Å². The summed E-state index contributed by atoms with van der Waals surface area (Å²) in [4.78, 5) is 2.42. The van der Waals surface area contributed by atoms with E-state index in [1.165, 1.54) is 80.7 Å². The van der Waals surface area contributed by atoms with E-state index in [0.717, 1.165) is 22.6 Å². The first-order valence-electron chi connectivity index (χ1n) is 19.8. The Balaban J connectivity index is 1.10. The summed E-state index contributed by atoms with van der Waals surface area (Å²) in [6.07, 6.45) is 0.